The van der Waals surface area contributed by atoms with Crippen LogP contribution in [0, 0.1) is 5.82 Å². The molecule has 5 nitrogen and oxygen atoms in total. The summed E-state index contributed by atoms with van der Waals surface area (Å²) >= 11 is 7.07. The average Bonchev–Trinajstić information content (AvgIpc) is 3.12. The zero-order valence-electron chi connectivity index (χ0n) is 14.5. The van der Waals surface area contributed by atoms with Gasteiger partial charge in [-0.05, 0) is 49.4 Å². The van der Waals surface area contributed by atoms with Crippen LogP contribution in [0.15, 0.2) is 47.8 Å². The highest BCUT2D eigenvalue weighted by Crippen LogP contribution is 2.28. The second kappa shape index (κ2) is 8.37. The van der Waals surface area contributed by atoms with Crippen molar-refractivity contribution < 1.29 is 18.7 Å². The molecule has 140 valence electrons. The lowest BCUT2D eigenvalue weighted by Crippen LogP contribution is -2.30. The maximum absolute atomic E-state index is 13.8. The summed E-state index contributed by atoms with van der Waals surface area (Å²) in [6, 6.07) is 11.3. The molecule has 1 atom stereocenters. The third-order valence-corrected chi connectivity index (χ3v) is 4.69. The van der Waals surface area contributed by atoms with Gasteiger partial charge in [-0.25, -0.2) is 9.37 Å². The minimum atomic E-state index is -0.725. The molecule has 0 saturated carbocycles. The maximum atomic E-state index is 13.8. The van der Waals surface area contributed by atoms with Gasteiger partial charge in [0.05, 0.1) is 12.8 Å². The van der Waals surface area contributed by atoms with E-state index in [4.69, 9.17) is 21.1 Å². The molecular formula is C19H16ClFN2O3S. The summed E-state index contributed by atoms with van der Waals surface area (Å²) in [5.74, 6) is -0.114. The maximum Gasteiger partial charge on any atom is 0.266 e. The van der Waals surface area contributed by atoms with E-state index in [0.717, 1.165) is 0 Å². The number of hydrogen-bond acceptors (Lipinski definition) is 5. The van der Waals surface area contributed by atoms with Crippen molar-refractivity contribution in [2.24, 2.45) is 0 Å². The zero-order valence-corrected chi connectivity index (χ0v) is 16.1. The van der Waals surface area contributed by atoms with Crippen molar-refractivity contribution in [2.45, 2.75) is 13.0 Å². The lowest BCUT2D eigenvalue weighted by Gasteiger charge is -2.13. The largest absolute Gasteiger partial charge is 0.494 e. The predicted octanol–water partition coefficient (Wildman–Crippen LogP) is 5.02. The Bertz CT molecular complexity index is 946. The molecule has 0 saturated heterocycles. The van der Waals surface area contributed by atoms with E-state index in [2.05, 4.69) is 10.3 Å². The van der Waals surface area contributed by atoms with Crippen molar-refractivity contribution in [2.75, 3.05) is 12.4 Å². The standard InChI is InChI=1S/C19H16ClFN2O3S/c1-11(26-14-6-4-13(20)5-7-14)18(24)23-19-22-16(10-27-19)12-3-8-17(25-2)15(21)9-12/h3-11H,1-2H3,(H,22,23,24). The van der Waals surface area contributed by atoms with Crippen LogP contribution in [0.5, 0.6) is 11.5 Å². The molecule has 1 heterocycles. The van der Waals surface area contributed by atoms with E-state index in [0.29, 0.717) is 27.2 Å². The molecule has 3 rings (SSSR count). The number of anilines is 1. The molecule has 0 aliphatic rings. The first-order valence-corrected chi connectivity index (χ1v) is 9.24. The molecule has 0 aliphatic carbocycles. The molecule has 27 heavy (non-hydrogen) atoms. The number of methoxy groups -OCH3 is 1. The topological polar surface area (TPSA) is 60.5 Å². The van der Waals surface area contributed by atoms with E-state index in [9.17, 15) is 9.18 Å². The Morgan fingerprint density at radius 2 is 2.00 bits per heavy atom. The number of thiazole rings is 1. The van der Waals surface area contributed by atoms with E-state index >= 15 is 0 Å². The van der Waals surface area contributed by atoms with Gasteiger partial charge in [0.15, 0.2) is 22.8 Å². The van der Waals surface area contributed by atoms with E-state index in [1.54, 1.807) is 42.6 Å². The molecule has 0 fully saturated rings. The van der Waals surface area contributed by atoms with Gasteiger partial charge in [-0.1, -0.05) is 11.6 Å². The highest BCUT2D eigenvalue weighted by atomic mass is 35.5. The number of rotatable bonds is 6. The molecule has 1 N–H and O–H groups in total. The summed E-state index contributed by atoms with van der Waals surface area (Å²) in [6.07, 6.45) is -0.725. The first-order valence-electron chi connectivity index (χ1n) is 7.99. The van der Waals surface area contributed by atoms with Crippen LogP contribution in [-0.2, 0) is 4.79 Å². The Hall–Kier alpha value is -2.64. The van der Waals surface area contributed by atoms with Crippen LogP contribution < -0.4 is 14.8 Å². The molecule has 3 aromatic rings. The Morgan fingerprint density at radius 3 is 2.67 bits per heavy atom. The second-order valence-electron chi connectivity index (χ2n) is 5.59. The van der Waals surface area contributed by atoms with Crippen molar-refractivity contribution in [1.29, 1.82) is 0 Å². The minimum absolute atomic E-state index is 0.163. The number of halogens is 2. The van der Waals surface area contributed by atoms with E-state index in [-0.39, 0.29) is 11.7 Å². The Labute approximate surface area is 164 Å². The number of nitrogens with zero attached hydrogens (tertiary/aromatic N) is 1. The van der Waals surface area contributed by atoms with Gasteiger partial charge >= 0.3 is 0 Å². The van der Waals surface area contributed by atoms with Crippen molar-refractivity contribution in [1.82, 2.24) is 4.98 Å². The van der Waals surface area contributed by atoms with Gasteiger partial charge in [0.25, 0.3) is 5.91 Å². The molecule has 1 unspecified atom stereocenters. The van der Waals surface area contributed by atoms with Crippen LogP contribution in [0.25, 0.3) is 11.3 Å². The summed E-state index contributed by atoms with van der Waals surface area (Å²) < 4.78 is 24.3. The number of carbonyl (C=O) groups excluding carboxylic acids is 1. The number of carbonyl (C=O) groups is 1. The van der Waals surface area contributed by atoms with Gasteiger partial charge in [-0.2, -0.15) is 0 Å². The third-order valence-electron chi connectivity index (χ3n) is 3.68. The van der Waals surface area contributed by atoms with Crippen molar-refractivity contribution in [3.8, 4) is 22.8 Å². The first-order chi connectivity index (χ1) is 13.0. The fraction of sp³-hybridized carbons (Fsp3) is 0.158. The summed E-state index contributed by atoms with van der Waals surface area (Å²) in [6.45, 7) is 1.64. The van der Waals surface area contributed by atoms with Gasteiger partial charge in [0.1, 0.15) is 5.75 Å². The third kappa shape index (κ3) is 4.75. The SMILES string of the molecule is COc1ccc(-c2csc(NC(=O)C(C)Oc3ccc(Cl)cc3)n2)cc1F. The van der Waals surface area contributed by atoms with Crippen molar-refractivity contribution in [3.05, 3.63) is 58.7 Å². The Kier molecular flexibility index (Phi) is 5.93. The monoisotopic (exact) mass is 406 g/mol. The lowest BCUT2D eigenvalue weighted by atomic mass is 10.1. The number of nitrogens with one attached hydrogen (secondary N) is 1. The summed E-state index contributed by atoms with van der Waals surface area (Å²) in [7, 11) is 1.40. The lowest BCUT2D eigenvalue weighted by molar-refractivity contribution is -0.122. The van der Waals surface area contributed by atoms with Crippen LogP contribution in [0.2, 0.25) is 5.02 Å². The van der Waals surface area contributed by atoms with Crippen LogP contribution in [0.4, 0.5) is 9.52 Å². The van der Waals surface area contributed by atoms with Gasteiger partial charge in [-0.15, -0.1) is 11.3 Å². The zero-order chi connectivity index (χ0) is 19.4. The second-order valence-corrected chi connectivity index (χ2v) is 6.89. The van der Waals surface area contributed by atoms with E-state index in [1.807, 2.05) is 0 Å². The summed E-state index contributed by atoms with van der Waals surface area (Å²) in [5, 5.41) is 5.43. The smallest absolute Gasteiger partial charge is 0.266 e. The van der Waals surface area contributed by atoms with Gasteiger partial charge in [-0.3, -0.25) is 10.1 Å². The molecule has 1 amide bonds. The molecule has 8 heteroatoms. The Morgan fingerprint density at radius 1 is 1.26 bits per heavy atom. The number of amides is 1. The molecule has 0 bridgehead atoms. The number of aromatic nitrogens is 1. The highest BCUT2D eigenvalue weighted by molar-refractivity contribution is 7.14. The van der Waals surface area contributed by atoms with Gasteiger partial charge in [0, 0.05) is 16.0 Å². The summed E-state index contributed by atoms with van der Waals surface area (Å²) in [5.41, 5.74) is 1.15. The van der Waals surface area contributed by atoms with Crippen LogP contribution in [0.3, 0.4) is 0 Å². The molecule has 0 spiro atoms. The minimum Gasteiger partial charge on any atom is -0.494 e. The molecule has 0 radical (unpaired) electrons. The first kappa shape index (κ1) is 19.1. The van der Waals surface area contributed by atoms with Crippen molar-refractivity contribution in [3.63, 3.8) is 0 Å². The van der Waals surface area contributed by atoms with Gasteiger partial charge < -0.3 is 9.47 Å². The number of ether oxygens (including phenoxy) is 2. The normalized spacial score (nSPS) is 11.7. The number of benzene rings is 2. The van der Waals surface area contributed by atoms with Gasteiger partial charge in [0.2, 0.25) is 0 Å². The number of hydrogen-bond donors (Lipinski definition) is 1. The highest BCUT2D eigenvalue weighted by Gasteiger charge is 2.17. The average molecular weight is 407 g/mol. The Balaban J connectivity index is 1.65. The fourth-order valence-electron chi connectivity index (χ4n) is 2.27. The molecule has 2 aromatic carbocycles. The molecule has 0 aliphatic heterocycles. The molecule has 1 aromatic heterocycles. The van der Waals surface area contributed by atoms with Crippen LogP contribution in [0.1, 0.15) is 6.92 Å². The van der Waals surface area contributed by atoms with Crippen molar-refractivity contribution >= 4 is 34.0 Å². The van der Waals surface area contributed by atoms with Crippen LogP contribution in [-0.4, -0.2) is 24.1 Å². The quantitative estimate of drug-likeness (QED) is 0.624. The van der Waals surface area contributed by atoms with E-state index < -0.39 is 11.9 Å². The van der Waals surface area contributed by atoms with Crippen LogP contribution >= 0.6 is 22.9 Å². The fourth-order valence-corrected chi connectivity index (χ4v) is 3.12. The predicted molar refractivity (Wildman–Crippen MR) is 104 cm³/mol. The summed E-state index contributed by atoms with van der Waals surface area (Å²) in [4.78, 5) is 16.6. The molecular weight excluding hydrogens is 391 g/mol. The van der Waals surface area contributed by atoms with E-state index in [1.165, 1.54) is 30.6 Å².